The van der Waals surface area contributed by atoms with Crippen molar-refractivity contribution >= 4 is 19.7 Å². The molecule has 160 valence electrons. The number of hydrogen-bond acceptors (Lipinski definition) is 5. The molecule has 0 amide bonds. The average molecular weight is 438 g/mol. The average Bonchev–Trinajstić information content (AvgIpc) is 2.65. The van der Waals surface area contributed by atoms with Crippen LogP contribution in [0.2, 0.25) is 0 Å². The Morgan fingerprint density at radius 1 is 0.655 bits per heavy atom. The third-order valence-corrected chi connectivity index (χ3v) is 8.18. The van der Waals surface area contributed by atoms with Gasteiger partial charge in [-0.25, -0.2) is 16.8 Å². The van der Waals surface area contributed by atoms with Gasteiger partial charge in [0.25, 0.3) is 0 Å². The summed E-state index contributed by atoms with van der Waals surface area (Å²) >= 11 is 0. The van der Waals surface area contributed by atoms with Gasteiger partial charge in [0.15, 0.2) is 19.7 Å². The molecule has 2 aromatic rings. The highest BCUT2D eigenvalue weighted by molar-refractivity contribution is 7.92. The maximum atomic E-state index is 12.9. The van der Waals surface area contributed by atoms with Gasteiger partial charge in [-0.05, 0) is 44.5 Å². The molecule has 0 unspecified atom stereocenters. The second-order valence-electron chi connectivity index (χ2n) is 7.57. The van der Waals surface area contributed by atoms with Crippen LogP contribution in [0.4, 0.5) is 0 Å². The van der Waals surface area contributed by atoms with Crippen molar-refractivity contribution in [2.75, 3.05) is 18.3 Å². The van der Waals surface area contributed by atoms with E-state index in [9.17, 15) is 16.8 Å². The zero-order valence-corrected chi connectivity index (χ0v) is 19.1. The quantitative estimate of drug-likeness (QED) is 0.489. The second kappa shape index (κ2) is 10.4. The van der Waals surface area contributed by atoms with Crippen molar-refractivity contribution < 1.29 is 16.8 Å². The third kappa shape index (κ3) is 7.24. The standard InChI is InChI=1S/C22H31NO4S2/c1-4-5-6-7-16-23(17-28(24,25)21-12-8-19(2)9-13-21)18-29(26,27)22-14-10-20(3)11-15-22/h8-15H,4-7,16-18H2,1-3H3. The first-order valence-corrected chi connectivity index (χ1v) is 13.3. The summed E-state index contributed by atoms with van der Waals surface area (Å²) < 4.78 is 51.5. The van der Waals surface area contributed by atoms with Crippen LogP contribution in [0.5, 0.6) is 0 Å². The largest absolute Gasteiger partial charge is 0.275 e. The molecule has 0 spiro atoms. The molecule has 0 aromatic heterocycles. The van der Waals surface area contributed by atoms with Crippen LogP contribution >= 0.6 is 0 Å². The summed E-state index contributed by atoms with van der Waals surface area (Å²) in [5.74, 6) is -0.624. The van der Waals surface area contributed by atoms with Crippen molar-refractivity contribution in [3.05, 3.63) is 59.7 Å². The molecule has 5 nitrogen and oxygen atoms in total. The smallest absolute Gasteiger partial charge is 0.191 e. The van der Waals surface area contributed by atoms with Gasteiger partial charge in [0.05, 0.1) is 9.79 Å². The van der Waals surface area contributed by atoms with Gasteiger partial charge in [-0.1, -0.05) is 61.6 Å². The van der Waals surface area contributed by atoms with E-state index in [0.717, 1.165) is 36.8 Å². The predicted molar refractivity (Wildman–Crippen MR) is 117 cm³/mol. The van der Waals surface area contributed by atoms with Crippen LogP contribution in [0.25, 0.3) is 0 Å². The first-order valence-electron chi connectivity index (χ1n) is 9.95. The minimum atomic E-state index is -3.62. The lowest BCUT2D eigenvalue weighted by atomic mass is 10.2. The fourth-order valence-corrected chi connectivity index (χ4v) is 5.97. The van der Waals surface area contributed by atoms with Crippen molar-refractivity contribution in [2.45, 2.75) is 56.2 Å². The van der Waals surface area contributed by atoms with E-state index in [4.69, 9.17) is 0 Å². The van der Waals surface area contributed by atoms with Gasteiger partial charge in [-0.3, -0.25) is 4.90 Å². The Balaban J connectivity index is 2.21. The van der Waals surface area contributed by atoms with E-state index >= 15 is 0 Å². The minimum Gasteiger partial charge on any atom is -0.275 e. The Morgan fingerprint density at radius 3 is 1.45 bits per heavy atom. The molecular weight excluding hydrogens is 406 g/mol. The second-order valence-corrected chi connectivity index (χ2v) is 11.5. The predicted octanol–water partition coefficient (Wildman–Crippen LogP) is 4.35. The Kier molecular flexibility index (Phi) is 8.43. The third-order valence-electron chi connectivity index (χ3n) is 4.79. The molecule has 29 heavy (non-hydrogen) atoms. The normalized spacial score (nSPS) is 12.4. The van der Waals surface area contributed by atoms with Crippen LogP contribution in [0.15, 0.2) is 58.3 Å². The lowest BCUT2D eigenvalue weighted by molar-refractivity contribution is 0.345. The van der Waals surface area contributed by atoms with E-state index in [1.807, 2.05) is 13.8 Å². The lowest BCUT2D eigenvalue weighted by Gasteiger charge is -2.22. The van der Waals surface area contributed by atoms with Gasteiger partial charge < -0.3 is 0 Å². The molecule has 0 fully saturated rings. The van der Waals surface area contributed by atoms with Crippen molar-refractivity contribution in [3.8, 4) is 0 Å². The molecule has 0 bridgehead atoms. The first-order chi connectivity index (χ1) is 13.6. The van der Waals surface area contributed by atoms with E-state index in [2.05, 4.69) is 6.92 Å². The molecule has 2 aromatic carbocycles. The zero-order chi connectivity index (χ0) is 21.5. The Hall–Kier alpha value is -1.70. The molecule has 0 heterocycles. The summed E-state index contributed by atoms with van der Waals surface area (Å²) in [6.45, 7) is 6.31. The van der Waals surface area contributed by atoms with Crippen molar-refractivity contribution in [2.24, 2.45) is 0 Å². The highest BCUT2D eigenvalue weighted by Gasteiger charge is 2.24. The lowest BCUT2D eigenvalue weighted by Crippen LogP contribution is -2.35. The summed E-state index contributed by atoms with van der Waals surface area (Å²) in [5, 5.41) is 0. The molecule has 7 heteroatoms. The molecule has 2 rings (SSSR count). The van der Waals surface area contributed by atoms with Gasteiger partial charge in [0, 0.05) is 6.54 Å². The van der Waals surface area contributed by atoms with Gasteiger partial charge in [-0.2, -0.15) is 0 Å². The maximum Gasteiger partial charge on any atom is 0.191 e. The molecule has 0 N–H and O–H groups in total. The molecule has 0 radical (unpaired) electrons. The van der Waals surface area contributed by atoms with Crippen molar-refractivity contribution in [3.63, 3.8) is 0 Å². The Morgan fingerprint density at radius 2 is 1.07 bits per heavy atom. The first kappa shape index (κ1) is 23.6. The number of hydrogen-bond donors (Lipinski definition) is 0. The minimum absolute atomic E-state index is 0.217. The molecule has 0 saturated carbocycles. The van der Waals surface area contributed by atoms with Crippen LogP contribution in [0.3, 0.4) is 0 Å². The highest BCUT2D eigenvalue weighted by atomic mass is 32.2. The van der Waals surface area contributed by atoms with E-state index in [1.54, 1.807) is 53.4 Å². The topological polar surface area (TPSA) is 71.5 Å². The monoisotopic (exact) mass is 437 g/mol. The Bertz CT molecular complexity index is 903. The van der Waals surface area contributed by atoms with Crippen molar-refractivity contribution in [1.82, 2.24) is 4.90 Å². The summed E-state index contributed by atoms with van der Waals surface area (Å²) in [6.07, 6.45) is 3.81. The molecule has 0 atom stereocenters. The Labute approximate surface area is 175 Å². The number of sulfone groups is 2. The SMILES string of the molecule is CCCCCCN(CS(=O)(=O)c1ccc(C)cc1)CS(=O)(=O)c1ccc(C)cc1. The summed E-state index contributed by atoms with van der Waals surface area (Å²) in [7, 11) is -7.24. The molecular formula is C22H31NO4S2. The number of nitrogens with zero attached hydrogens (tertiary/aromatic N) is 1. The summed E-state index contributed by atoms with van der Waals surface area (Å²) in [4.78, 5) is 1.98. The van der Waals surface area contributed by atoms with Crippen LogP contribution in [-0.2, 0) is 19.7 Å². The van der Waals surface area contributed by atoms with E-state index in [1.165, 1.54) is 0 Å². The fourth-order valence-electron chi connectivity index (χ4n) is 3.05. The fraction of sp³-hybridized carbons (Fsp3) is 0.455. The van der Waals surface area contributed by atoms with E-state index in [0.29, 0.717) is 6.54 Å². The molecule has 0 saturated heterocycles. The number of aryl methyl sites for hydroxylation is 2. The van der Waals surface area contributed by atoms with Gasteiger partial charge in [-0.15, -0.1) is 0 Å². The van der Waals surface area contributed by atoms with Gasteiger partial charge in [0.1, 0.15) is 11.8 Å². The van der Waals surface area contributed by atoms with Crippen LogP contribution in [0.1, 0.15) is 43.7 Å². The molecule has 0 aliphatic carbocycles. The van der Waals surface area contributed by atoms with Gasteiger partial charge in [0.2, 0.25) is 0 Å². The number of rotatable bonds is 11. The number of benzene rings is 2. The van der Waals surface area contributed by atoms with E-state index < -0.39 is 19.7 Å². The summed E-state index contributed by atoms with van der Waals surface area (Å²) in [5.41, 5.74) is 1.95. The van der Waals surface area contributed by atoms with Gasteiger partial charge >= 0.3 is 0 Å². The maximum absolute atomic E-state index is 12.9. The highest BCUT2D eigenvalue weighted by Crippen LogP contribution is 2.18. The summed E-state index contributed by atoms with van der Waals surface area (Å²) in [6, 6.07) is 13.3. The zero-order valence-electron chi connectivity index (χ0n) is 17.5. The van der Waals surface area contributed by atoms with Crippen LogP contribution < -0.4 is 0 Å². The number of unbranched alkanes of at least 4 members (excludes halogenated alkanes) is 3. The van der Waals surface area contributed by atoms with E-state index in [-0.39, 0.29) is 21.5 Å². The molecule has 0 aliphatic rings. The van der Waals surface area contributed by atoms with Crippen LogP contribution in [0, 0.1) is 13.8 Å². The van der Waals surface area contributed by atoms with Crippen LogP contribution in [-0.4, -0.2) is 40.0 Å². The van der Waals surface area contributed by atoms with Crippen molar-refractivity contribution in [1.29, 1.82) is 0 Å². The molecule has 0 aliphatic heterocycles.